The maximum absolute atomic E-state index is 5.43. The minimum Gasteiger partial charge on any atom is -0.376 e. The van der Waals surface area contributed by atoms with E-state index < -0.39 is 0 Å². The van der Waals surface area contributed by atoms with Crippen LogP contribution in [0.1, 0.15) is 6.92 Å². The van der Waals surface area contributed by atoms with E-state index in [0.29, 0.717) is 26.4 Å². The molecule has 0 bridgehead atoms. The minimum atomic E-state index is -0.224. The van der Waals surface area contributed by atoms with Gasteiger partial charge in [-0.15, -0.1) is 12.4 Å². The van der Waals surface area contributed by atoms with Crippen LogP contribution in [0.25, 0.3) is 0 Å². The van der Waals surface area contributed by atoms with Crippen molar-refractivity contribution in [2.24, 2.45) is 5.73 Å². The lowest BCUT2D eigenvalue weighted by atomic mass is 10.1. The van der Waals surface area contributed by atoms with Crippen molar-refractivity contribution in [2.45, 2.75) is 12.5 Å². The number of hydrogen-bond donors (Lipinski definition) is 1. The molecule has 0 aromatic heterocycles. The highest BCUT2D eigenvalue weighted by atomic mass is 35.5. The molecule has 62 valence electrons. The first kappa shape index (κ1) is 10.2. The largest absolute Gasteiger partial charge is 0.376 e. The van der Waals surface area contributed by atoms with Gasteiger partial charge in [-0.05, 0) is 6.92 Å². The molecule has 0 spiro atoms. The molecule has 1 aliphatic heterocycles. The standard InChI is InChI=1S/C6H13NO2.ClH/c1-6(4-7)5-8-2-3-9-6;/h2-5,7H2,1H3;1H. The van der Waals surface area contributed by atoms with E-state index in [1.165, 1.54) is 0 Å². The smallest absolute Gasteiger partial charge is 0.101 e. The van der Waals surface area contributed by atoms with Crippen molar-refractivity contribution in [3.05, 3.63) is 0 Å². The van der Waals surface area contributed by atoms with Crippen LogP contribution < -0.4 is 5.73 Å². The molecule has 1 unspecified atom stereocenters. The zero-order valence-corrected chi connectivity index (χ0v) is 6.95. The first-order valence-corrected chi connectivity index (χ1v) is 3.19. The highest BCUT2D eigenvalue weighted by Gasteiger charge is 2.26. The maximum Gasteiger partial charge on any atom is 0.101 e. The fourth-order valence-electron chi connectivity index (χ4n) is 0.795. The predicted molar refractivity (Wildman–Crippen MR) is 41.5 cm³/mol. The Bertz CT molecular complexity index is 93.7. The number of ether oxygens (including phenoxy) is 2. The van der Waals surface area contributed by atoms with E-state index in [4.69, 9.17) is 15.2 Å². The monoisotopic (exact) mass is 167 g/mol. The third-order valence-electron chi connectivity index (χ3n) is 1.52. The third kappa shape index (κ3) is 2.42. The van der Waals surface area contributed by atoms with Gasteiger partial charge in [0.05, 0.1) is 19.8 Å². The zero-order chi connectivity index (χ0) is 6.74. The van der Waals surface area contributed by atoms with Gasteiger partial charge in [-0.3, -0.25) is 0 Å². The number of rotatable bonds is 1. The summed E-state index contributed by atoms with van der Waals surface area (Å²) in [6, 6.07) is 0. The molecular weight excluding hydrogens is 154 g/mol. The molecule has 0 aliphatic carbocycles. The number of halogens is 1. The molecule has 1 saturated heterocycles. The molecule has 1 atom stereocenters. The second-order valence-corrected chi connectivity index (χ2v) is 2.56. The van der Waals surface area contributed by atoms with Crippen molar-refractivity contribution >= 4 is 12.4 Å². The van der Waals surface area contributed by atoms with Gasteiger partial charge in [0.1, 0.15) is 5.60 Å². The lowest BCUT2D eigenvalue weighted by Crippen LogP contribution is -2.46. The Morgan fingerprint density at radius 2 is 2.20 bits per heavy atom. The summed E-state index contributed by atoms with van der Waals surface area (Å²) in [6.07, 6.45) is 0. The molecule has 0 aromatic rings. The fourth-order valence-corrected chi connectivity index (χ4v) is 0.795. The highest BCUT2D eigenvalue weighted by molar-refractivity contribution is 5.85. The molecule has 1 aliphatic rings. The van der Waals surface area contributed by atoms with Gasteiger partial charge in [0.2, 0.25) is 0 Å². The van der Waals surface area contributed by atoms with Crippen molar-refractivity contribution in [3.63, 3.8) is 0 Å². The predicted octanol–water partition coefficient (Wildman–Crippen LogP) is 0.172. The summed E-state index contributed by atoms with van der Waals surface area (Å²) in [7, 11) is 0. The Kier molecular flexibility index (Phi) is 4.20. The van der Waals surface area contributed by atoms with Crippen LogP contribution in [0.15, 0.2) is 0 Å². The molecule has 0 radical (unpaired) electrons. The van der Waals surface area contributed by atoms with E-state index in [9.17, 15) is 0 Å². The van der Waals surface area contributed by atoms with Crippen molar-refractivity contribution in [1.82, 2.24) is 0 Å². The van der Waals surface area contributed by atoms with Gasteiger partial charge in [0, 0.05) is 6.54 Å². The Morgan fingerprint density at radius 3 is 2.50 bits per heavy atom. The molecule has 0 amide bonds. The molecule has 1 rings (SSSR count). The van der Waals surface area contributed by atoms with Crippen LogP contribution in [0.2, 0.25) is 0 Å². The lowest BCUT2D eigenvalue weighted by Gasteiger charge is -2.32. The van der Waals surface area contributed by atoms with Gasteiger partial charge < -0.3 is 15.2 Å². The van der Waals surface area contributed by atoms with Crippen LogP contribution in [0.4, 0.5) is 0 Å². The molecule has 3 nitrogen and oxygen atoms in total. The van der Waals surface area contributed by atoms with E-state index in [1.807, 2.05) is 6.92 Å². The van der Waals surface area contributed by atoms with E-state index in [-0.39, 0.29) is 18.0 Å². The Hall–Kier alpha value is 0.170. The van der Waals surface area contributed by atoms with E-state index >= 15 is 0 Å². The summed E-state index contributed by atoms with van der Waals surface area (Å²) in [5.41, 5.74) is 5.21. The molecule has 1 heterocycles. The number of nitrogens with two attached hydrogens (primary N) is 1. The van der Waals surface area contributed by atoms with Crippen molar-refractivity contribution < 1.29 is 9.47 Å². The van der Waals surface area contributed by atoms with E-state index in [1.54, 1.807) is 0 Å². The van der Waals surface area contributed by atoms with Crippen molar-refractivity contribution in [3.8, 4) is 0 Å². The van der Waals surface area contributed by atoms with E-state index in [2.05, 4.69) is 0 Å². The molecule has 0 saturated carbocycles. The maximum atomic E-state index is 5.43. The van der Waals surface area contributed by atoms with Crippen LogP contribution >= 0.6 is 12.4 Å². The van der Waals surface area contributed by atoms with Gasteiger partial charge in [0.25, 0.3) is 0 Å². The fraction of sp³-hybridized carbons (Fsp3) is 1.00. The molecule has 0 aromatic carbocycles. The summed E-state index contributed by atoms with van der Waals surface area (Å²) >= 11 is 0. The second kappa shape index (κ2) is 4.13. The molecule has 1 fully saturated rings. The quantitative estimate of drug-likeness (QED) is 0.606. The normalized spacial score (nSPS) is 33.0. The SMILES string of the molecule is CC1(CN)COCCO1.Cl. The highest BCUT2D eigenvalue weighted by Crippen LogP contribution is 2.12. The van der Waals surface area contributed by atoms with E-state index in [0.717, 1.165) is 0 Å². The van der Waals surface area contributed by atoms with Gasteiger partial charge in [0.15, 0.2) is 0 Å². The Balaban J connectivity index is 0.000000810. The van der Waals surface area contributed by atoms with Gasteiger partial charge in [-0.25, -0.2) is 0 Å². The van der Waals surface area contributed by atoms with Crippen molar-refractivity contribution in [2.75, 3.05) is 26.4 Å². The van der Waals surface area contributed by atoms with Gasteiger partial charge in [-0.1, -0.05) is 0 Å². The summed E-state index contributed by atoms with van der Waals surface area (Å²) in [4.78, 5) is 0. The van der Waals surface area contributed by atoms with Gasteiger partial charge in [-0.2, -0.15) is 0 Å². The summed E-state index contributed by atoms with van der Waals surface area (Å²) < 4.78 is 10.5. The molecule has 4 heteroatoms. The van der Waals surface area contributed by atoms with Crippen LogP contribution in [0, 0.1) is 0 Å². The van der Waals surface area contributed by atoms with Crippen molar-refractivity contribution in [1.29, 1.82) is 0 Å². The van der Waals surface area contributed by atoms with Crippen LogP contribution in [-0.2, 0) is 9.47 Å². The van der Waals surface area contributed by atoms with Crippen LogP contribution in [0.3, 0.4) is 0 Å². The summed E-state index contributed by atoms with van der Waals surface area (Å²) in [5, 5.41) is 0. The first-order chi connectivity index (χ1) is 4.27. The molecule has 10 heavy (non-hydrogen) atoms. The zero-order valence-electron chi connectivity index (χ0n) is 6.13. The first-order valence-electron chi connectivity index (χ1n) is 3.19. The molecule has 2 N–H and O–H groups in total. The lowest BCUT2D eigenvalue weighted by molar-refractivity contribution is -0.142. The average Bonchev–Trinajstić information content (AvgIpc) is 1.90. The third-order valence-corrected chi connectivity index (χ3v) is 1.52. The second-order valence-electron chi connectivity index (χ2n) is 2.56. The van der Waals surface area contributed by atoms with Gasteiger partial charge >= 0.3 is 0 Å². The Morgan fingerprint density at radius 1 is 1.50 bits per heavy atom. The van der Waals surface area contributed by atoms with Crippen LogP contribution in [0.5, 0.6) is 0 Å². The minimum absolute atomic E-state index is 0. The summed E-state index contributed by atoms with van der Waals surface area (Å²) in [5.74, 6) is 0. The summed E-state index contributed by atoms with van der Waals surface area (Å²) in [6.45, 7) is 4.51. The topological polar surface area (TPSA) is 44.5 Å². The van der Waals surface area contributed by atoms with Crippen LogP contribution in [-0.4, -0.2) is 32.0 Å². The average molecular weight is 168 g/mol. The number of hydrogen-bond acceptors (Lipinski definition) is 3. The Labute approximate surface area is 67.3 Å². The molecular formula is C6H14ClNO2.